The second kappa shape index (κ2) is 2.56. The van der Waals surface area contributed by atoms with Gasteiger partial charge in [0.15, 0.2) is 0 Å². The molecule has 1 unspecified atom stereocenters. The number of amides is 1. The van der Waals surface area contributed by atoms with Crippen LogP contribution in [0.2, 0.25) is 0 Å². The highest BCUT2D eigenvalue weighted by molar-refractivity contribution is 5.82. The minimum Gasteiger partial charge on any atom is -0.368 e. The summed E-state index contributed by atoms with van der Waals surface area (Å²) in [7, 11) is 1.81. The molecule has 1 rings (SSSR count). The van der Waals surface area contributed by atoms with Crippen LogP contribution in [-0.2, 0) is 4.79 Å². The Kier molecular flexibility index (Phi) is 1.76. The molecule has 1 amide bonds. The van der Waals surface area contributed by atoms with Gasteiger partial charge in [0.1, 0.15) is 6.04 Å². The molecule has 54 valence electrons. The summed E-state index contributed by atoms with van der Waals surface area (Å²) in [6.07, 6.45) is 7.26. The Balaban J connectivity index is 2.70. The van der Waals surface area contributed by atoms with Gasteiger partial charge in [0, 0.05) is 7.05 Å². The number of likely N-dealkylation sites (N-methyl/N-ethyl adjacent to an activating group) is 1. The van der Waals surface area contributed by atoms with Gasteiger partial charge in [0.05, 0.1) is 0 Å². The maximum atomic E-state index is 10.7. The normalized spacial score (nSPS) is 23.3. The predicted octanol–water partition coefficient (Wildman–Crippen LogP) is -0.144. The lowest BCUT2D eigenvalue weighted by Crippen LogP contribution is -2.39. The lowest BCUT2D eigenvalue weighted by atomic mass is 10.2. The molecule has 1 atom stereocenters. The van der Waals surface area contributed by atoms with Crippen molar-refractivity contribution in [2.75, 3.05) is 7.05 Å². The van der Waals surface area contributed by atoms with E-state index < -0.39 is 0 Å². The minimum absolute atomic E-state index is 0.273. The second-order valence-electron chi connectivity index (χ2n) is 2.24. The summed E-state index contributed by atoms with van der Waals surface area (Å²) in [5.74, 6) is -0.317. The van der Waals surface area contributed by atoms with Crippen molar-refractivity contribution in [3.63, 3.8) is 0 Å². The molecule has 10 heavy (non-hydrogen) atoms. The van der Waals surface area contributed by atoms with Crippen molar-refractivity contribution in [3.8, 4) is 0 Å². The first-order valence-corrected chi connectivity index (χ1v) is 3.08. The van der Waals surface area contributed by atoms with Crippen LogP contribution >= 0.6 is 0 Å². The number of carbonyl (C=O) groups is 1. The molecule has 2 N–H and O–H groups in total. The Morgan fingerprint density at radius 2 is 2.30 bits per heavy atom. The van der Waals surface area contributed by atoms with Crippen LogP contribution in [0.5, 0.6) is 0 Å². The van der Waals surface area contributed by atoms with Gasteiger partial charge in [-0.3, -0.25) is 4.79 Å². The number of primary amides is 1. The first-order chi connectivity index (χ1) is 4.72. The number of hydrogen-bond donors (Lipinski definition) is 1. The largest absolute Gasteiger partial charge is 0.368 e. The number of allylic oxidation sites excluding steroid dienone is 2. The molecule has 1 aliphatic heterocycles. The average molecular weight is 138 g/mol. The van der Waals surface area contributed by atoms with E-state index in [-0.39, 0.29) is 11.9 Å². The van der Waals surface area contributed by atoms with E-state index in [9.17, 15) is 4.79 Å². The summed E-state index contributed by atoms with van der Waals surface area (Å²) in [5.41, 5.74) is 5.09. The number of carbonyl (C=O) groups excluding carboxylic acids is 1. The molecule has 0 aromatic carbocycles. The smallest absolute Gasteiger partial charge is 0.244 e. The van der Waals surface area contributed by atoms with Gasteiger partial charge in [0.25, 0.3) is 0 Å². The lowest BCUT2D eigenvalue weighted by Gasteiger charge is -2.22. The third-order valence-electron chi connectivity index (χ3n) is 1.46. The quantitative estimate of drug-likeness (QED) is 0.548. The zero-order valence-electron chi connectivity index (χ0n) is 5.82. The highest BCUT2D eigenvalue weighted by atomic mass is 16.1. The highest BCUT2D eigenvalue weighted by Gasteiger charge is 2.15. The molecule has 1 heterocycles. The van der Waals surface area contributed by atoms with Gasteiger partial charge in [-0.2, -0.15) is 0 Å². The summed E-state index contributed by atoms with van der Waals surface area (Å²) < 4.78 is 0. The maximum Gasteiger partial charge on any atom is 0.244 e. The van der Waals surface area contributed by atoms with Crippen LogP contribution in [0.15, 0.2) is 24.4 Å². The van der Waals surface area contributed by atoms with Gasteiger partial charge in [-0.25, -0.2) is 0 Å². The third-order valence-corrected chi connectivity index (χ3v) is 1.46. The molecule has 0 spiro atoms. The van der Waals surface area contributed by atoms with Gasteiger partial charge in [-0.05, 0) is 12.3 Å². The Morgan fingerprint density at radius 1 is 1.60 bits per heavy atom. The van der Waals surface area contributed by atoms with Crippen molar-refractivity contribution >= 4 is 5.91 Å². The van der Waals surface area contributed by atoms with E-state index in [1.54, 1.807) is 11.0 Å². The van der Waals surface area contributed by atoms with E-state index in [0.29, 0.717) is 0 Å². The van der Waals surface area contributed by atoms with E-state index in [2.05, 4.69) is 0 Å². The van der Waals surface area contributed by atoms with Crippen LogP contribution in [0.1, 0.15) is 0 Å². The molecule has 0 fully saturated rings. The molecular formula is C7H10N2O. The fraction of sp³-hybridized carbons (Fsp3) is 0.286. The summed E-state index contributed by atoms with van der Waals surface area (Å²) in [5, 5.41) is 0. The van der Waals surface area contributed by atoms with Gasteiger partial charge in [-0.1, -0.05) is 12.2 Å². The molecule has 3 heteroatoms. The number of nitrogens with zero attached hydrogens (tertiary/aromatic N) is 1. The average Bonchev–Trinajstić information content (AvgIpc) is 1.88. The molecule has 3 nitrogen and oxygen atoms in total. The summed E-state index contributed by atoms with van der Waals surface area (Å²) in [6.45, 7) is 0. The number of hydrogen-bond acceptors (Lipinski definition) is 2. The topological polar surface area (TPSA) is 46.3 Å². The molecule has 0 saturated carbocycles. The van der Waals surface area contributed by atoms with Gasteiger partial charge < -0.3 is 10.6 Å². The van der Waals surface area contributed by atoms with Crippen molar-refractivity contribution in [3.05, 3.63) is 24.4 Å². The third kappa shape index (κ3) is 1.18. The molecule has 0 aromatic rings. The van der Waals surface area contributed by atoms with E-state index in [4.69, 9.17) is 5.73 Å². The monoisotopic (exact) mass is 138 g/mol. The van der Waals surface area contributed by atoms with Crippen LogP contribution in [0, 0.1) is 0 Å². The maximum absolute atomic E-state index is 10.7. The Labute approximate surface area is 59.8 Å². The number of nitrogens with two attached hydrogens (primary N) is 1. The Hall–Kier alpha value is -1.25. The van der Waals surface area contributed by atoms with Crippen LogP contribution in [0.3, 0.4) is 0 Å². The van der Waals surface area contributed by atoms with Crippen molar-refractivity contribution < 1.29 is 4.79 Å². The van der Waals surface area contributed by atoms with E-state index in [0.717, 1.165) is 0 Å². The van der Waals surface area contributed by atoms with Crippen molar-refractivity contribution in [2.24, 2.45) is 5.73 Å². The molecule has 0 saturated heterocycles. The van der Waals surface area contributed by atoms with Gasteiger partial charge in [0.2, 0.25) is 5.91 Å². The fourth-order valence-electron chi connectivity index (χ4n) is 0.879. The SMILES string of the molecule is CN1C=CC=CC1C(N)=O. The van der Waals surface area contributed by atoms with Crippen LogP contribution in [0.25, 0.3) is 0 Å². The molecule has 1 aliphatic rings. The lowest BCUT2D eigenvalue weighted by molar-refractivity contribution is -0.120. The summed E-state index contributed by atoms with van der Waals surface area (Å²) >= 11 is 0. The van der Waals surface area contributed by atoms with E-state index in [1.807, 2.05) is 25.4 Å². The summed E-state index contributed by atoms with van der Waals surface area (Å²) in [6, 6.07) is -0.273. The first kappa shape index (κ1) is 6.86. The molecule has 0 aliphatic carbocycles. The standard InChI is InChI=1S/C7H10N2O/c1-9-5-3-2-4-6(9)7(8)10/h2-6H,1H3,(H2,8,10). The first-order valence-electron chi connectivity index (χ1n) is 3.08. The zero-order chi connectivity index (χ0) is 7.56. The highest BCUT2D eigenvalue weighted by Crippen LogP contribution is 2.03. The zero-order valence-corrected chi connectivity index (χ0v) is 5.82. The van der Waals surface area contributed by atoms with Crippen molar-refractivity contribution in [2.45, 2.75) is 6.04 Å². The fourth-order valence-corrected chi connectivity index (χ4v) is 0.879. The Morgan fingerprint density at radius 3 is 2.70 bits per heavy atom. The minimum atomic E-state index is -0.317. The van der Waals surface area contributed by atoms with Crippen molar-refractivity contribution in [1.29, 1.82) is 0 Å². The molecule has 0 bridgehead atoms. The van der Waals surface area contributed by atoms with E-state index >= 15 is 0 Å². The predicted molar refractivity (Wildman–Crippen MR) is 39.0 cm³/mol. The van der Waals surface area contributed by atoms with Crippen LogP contribution in [0.4, 0.5) is 0 Å². The molecule has 0 aromatic heterocycles. The van der Waals surface area contributed by atoms with Gasteiger partial charge >= 0.3 is 0 Å². The molecule has 0 radical (unpaired) electrons. The number of rotatable bonds is 1. The molecular weight excluding hydrogens is 128 g/mol. The van der Waals surface area contributed by atoms with E-state index in [1.165, 1.54) is 0 Å². The Bertz CT molecular complexity index is 196. The van der Waals surface area contributed by atoms with Crippen LogP contribution < -0.4 is 5.73 Å². The van der Waals surface area contributed by atoms with Crippen molar-refractivity contribution in [1.82, 2.24) is 4.90 Å². The second-order valence-corrected chi connectivity index (χ2v) is 2.24. The summed E-state index contributed by atoms with van der Waals surface area (Å²) in [4.78, 5) is 12.4. The van der Waals surface area contributed by atoms with Gasteiger partial charge in [-0.15, -0.1) is 0 Å². The van der Waals surface area contributed by atoms with Crippen LogP contribution in [-0.4, -0.2) is 23.9 Å².